The lowest BCUT2D eigenvalue weighted by atomic mass is 10.2. The first kappa shape index (κ1) is 14.1. The van der Waals surface area contributed by atoms with E-state index in [4.69, 9.17) is 5.73 Å². The monoisotopic (exact) mass is 285 g/mol. The molecule has 1 unspecified atom stereocenters. The second-order valence-corrected chi connectivity index (χ2v) is 5.93. The summed E-state index contributed by atoms with van der Waals surface area (Å²) >= 11 is 0. The number of piperazine rings is 1. The molecule has 1 aromatic carbocycles. The van der Waals surface area contributed by atoms with E-state index in [0.29, 0.717) is 6.04 Å². The van der Waals surface area contributed by atoms with Crippen LogP contribution in [0.2, 0.25) is 0 Å². The van der Waals surface area contributed by atoms with Crippen molar-refractivity contribution in [3.8, 4) is 0 Å². The highest BCUT2D eigenvalue weighted by Crippen LogP contribution is 2.18. The van der Waals surface area contributed by atoms with E-state index in [9.17, 15) is 0 Å². The molecule has 112 valence electrons. The summed E-state index contributed by atoms with van der Waals surface area (Å²) in [5, 5.41) is 4.54. The Morgan fingerprint density at radius 3 is 2.95 bits per heavy atom. The van der Waals surface area contributed by atoms with Crippen LogP contribution in [0.3, 0.4) is 0 Å². The Hall–Kier alpha value is -1.85. The number of pyridine rings is 1. The first-order chi connectivity index (χ1) is 10.1. The van der Waals surface area contributed by atoms with E-state index in [0.717, 1.165) is 48.6 Å². The predicted molar refractivity (Wildman–Crippen MR) is 88.6 cm³/mol. The molecule has 1 aliphatic heterocycles. The van der Waals surface area contributed by atoms with Crippen LogP contribution in [0.25, 0.3) is 10.9 Å². The second-order valence-electron chi connectivity index (χ2n) is 5.93. The molecule has 5 nitrogen and oxygen atoms in total. The van der Waals surface area contributed by atoms with Gasteiger partial charge in [-0.15, -0.1) is 0 Å². The number of likely N-dealkylation sites (N-methyl/N-ethyl adjacent to an activating group) is 2. The van der Waals surface area contributed by atoms with E-state index in [1.165, 1.54) is 0 Å². The van der Waals surface area contributed by atoms with Crippen molar-refractivity contribution in [1.82, 2.24) is 14.8 Å². The van der Waals surface area contributed by atoms with Gasteiger partial charge in [0.05, 0.1) is 5.52 Å². The Labute approximate surface area is 125 Å². The van der Waals surface area contributed by atoms with Gasteiger partial charge in [-0.2, -0.15) is 0 Å². The molecular formula is C16H23N5. The average Bonchev–Trinajstić information content (AvgIpc) is 2.48. The van der Waals surface area contributed by atoms with Crippen molar-refractivity contribution in [2.45, 2.75) is 6.04 Å². The number of hydrogen-bond acceptors (Lipinski definition) is 5. The quantitative estimate of drug-likeness (QED) is 0.837. The fraction of sp³-hybridized carbons (Fsp3) is 0.438. The Bertz CT molecular complexity index is 627. The molecule has 2 heterocycles. The molecule has 0 saturated carbocycles. The van der Waals surface area contributed by atoms with Crippen molar-refractivity contribution in [2.75, 3.05) is 51.3 Å². The molecule has 3 rings (SSSR count). The van der Waals surface area contributed by atoms with Crippen LogP contribution in [0.15, 0.2) is 30.3 Å². The van der Waals surface area contributed by atoms with E-state index in [1.807, 2.05) is 24.3 Å². The van der Waals surface area contributed by atoms with Crippen LogP contribution in [0.5, 0.6) is 0 Å². The minimum atomic E-state index is 0.521. The van der Waals surface area contributed by atoms with Crippen LogP contribution in [0.4, 0.5) is 11.5 Å². The fourth-order valence-electron chi connectivity index (χ4n) is 2.79. The predicted octanol–water partition coefficient (Wildman–Crippen LogP) is 1.47. The number of aromatic nitrogens is 1. The minimum absolute atomic E-state index is 0.521. The molecule has 1 fully saturated rings. The number of nitrogen functional groups attached to an aromatic ring is 1. The number of anilines is 2. The van der Waals surface area contributed by atoms with Gasteiger partial charge in [-0.3, -0.25) is 4.90 Å². The standard InChI is InChI=1S/C16H23N5/c1-20-7-8-21(2)14(11-20)10-18-16-6-3-12-9-13(17)4-5-15(12)19-16/h3-6,9,14H,7-8,10-11,17H2,1-2H3,(H,18,19). The van der Waals surface area contributed by atoms with Crippen molar-refractivity contribution in [3.63, 3.8) is 0 Å². The summed E-state index contributed by atoms with van der Waals surface area (Å²) in [4.78, 5) is 9.44. The first-order valence-corrected chi connectivity index (χ1v) is 7.41. The number of rotatable bonds is 3. The summed E-state index contributed by atoms with van der Waals surface area (Å²) in [7, 11) is 4.37. The molecule has 1 aromatic heterocycles. The molecule has 5 heteroatoms. The number of nitrogens with zero attached hydrogens (tertiary/aromatic N) is 3. The highest BCUT2D eigenvalue weighted by molar-refractivity contribution is 5.83. The summed E-state index contributed by atoms with van der Waals surface area (Å²) in [6, 6.07) is 10.4. The molecular weight excluding hydrogens is 262 g/mol. The highest BCUT2D eigenvalue weighted by atomic mass is 15.3. The molecule has 0 bridgehead atoms. The molecule has 0 radical (unpaired) electrons. The molecule has 3 N–H and O–H groups in total. The van der Waals surface area contributed by atoms with Gasteiger partial charge in [0, 0.05) is 43.3 Å². The van der Waals surface area contributed by atoms with Crippen LogP contribution < -0.4 is 11.1 Å². The van der Waals surface area contributed by atoms with E-state index in [1.54, 1.807) is 0 Å². The number of nitrogens with two attached hydrogens (primary N) is 1. The van der Waals surface area contributed by atoms with Crippen LogP contribution in [0.1, 0.15) is 0 Å². The lowest BCUT2D eigenvalue weighted by Crippen LogP contribution is -2.52. The Kier molecular flexibility index (Phi) is 3.94. The molecule has 0 spiro atoms. The number of benzene rings is 1. The zero-order chi connectivity index (χ0) is 14.8. The normalized spacial score (nSPS) is 20.8. The number of hydrogen-bond donors (Lipinski definition) is 2. The second kappa shape index (κ2) is 5.87. The summed E-state index contributed by atoms with van der Waals surface area (Å²) < 4.78 is 0. The maximum atomic E-state index is 5.79. The zero-order valence-corrected chi connectivity index (χ0v) is 12.7. The topological polar surface area (TPSA) is 57.4 Å². The molecule has 0 aliphatic carbocycles. The lowest BCUT2D eigenvalue weighted by Gasteiger charge is -2.37. The Morgan fingerprint density at radius 2 is 2.10 bits per heavy atom. The summed E-state index contributed by atoms with van der Waals surface area (Å²) in [6.45, 7) is 4.26. The SMILES string of the molecule is CN1CCN(C)C(CNc2ccc3cc(N)ccc3n2)C1. The van der Waals surface area contributed by atoms with Gasteiger partial charge in [0.25, 0.3) is 0 Å². The average molecular weight is 285 g/mol. The van der Waals surface area contributed by atoms with Gasteiger partial charge in [-0.1, -0.05) is 0 Å². The van der Waals surface area contributed by atoms with Crippen molar-refractivity contribution in [1.29, 1.82) is 0 Å². The highest BCUT2D eigenvalue weighted by Gasteiger charge is 2.21. The molecule has 1 atom stereocenters. The van der Waals surface area contributed by atoms with Gasteiger partial charge in [-0.05, 0) is 44.4 Å². The number of fused-ring (bicyclic) bond motifs is 1. The Balaban J connectivity index is 1.68. The molecule has 1 aliphatic rings. The van der Waals surface area contributed by atoms with Gasteiger partial charge in [0.1, 0.15) is 5.82 Å². The maximum absolute atomic E-state index is 5.79. The third kappa shape index (κ3) is 3.25. The molecule has 21 heavy (non-hydrogen) atoms. The Morgan fingerprint density at radius 1 is 1.24 bits per heavy atom. The van der Waals surface area contributed by atoms with E-state index in [-0.39, 0.29) is 0 Å². The third-order valence-electron chi connectivity index (χ3n) is 4.21. The van der Waals surface area contributed by atoms with Gasteiger partial charge < -0.3 is 16.0 Å². The van der Waals surface area contributed by atoms with Crippen LogP contribution in [0, 0.1) is 0 Å². The minimum Gasteiger partial charge on any atom is -0.399 e. The van der Waals surface area contributed by atoms with Gasteiger partial charge in [0.15, 0.2) is 0 Å². The van der Waals surface area contributed by atoms with E-state index >= 15 is 0 Å². The van der Waals surface area contributed by atoms with Gasteiger partial charge in [0.2, 0.25) is 0 Å². The van der Waals surface area contributed by atoms with Crippen molar-refractivity contribution in [2.24, 2.45) is 0 Å². The van der Waals surface area contributed by atoms with Crippen molar-refractivity contribution in [3.05, 3.63) is 30.3 Å². The third-order valence-corrected chi connectivity index (χ3v) is 4.21. The van der Waals surface area contributed by atoms with Gasteiger partial charge in [-0.25, -0.2) is 4.98 Å². The molecule has 1 saturated heterocycles. The molecule has 2 aromatic rings. The lowest BCUT2D eigenvalue weighted by molar-refractivity contribution is 0.122. The van der Waals surface area contributed by atoms with Gasteiger partial charge >= 0.3 is 0 Å². The van der Waals surface area contributed by atoms with Crippen LogP contribution >= 0.6 is 0 Å². The van der Waals surface area contributed by atoms with Crippen LogP contribution in [-0.2, 0) is 0 Å². The first-order valence-electron chi connectivity index (χ1n) is 7.41. The number of nitrogens with one attached hydrogen (secondary N) is 1. The summed E-state index contributed by atoms with van der Waals surface area (Å²) in [5.74, 6) is 0.925. The molecule has 0 amide bonds. The van der Waals surface area contributed by atoms with Crippen molar-refractivity contribution < 1.29 is 0 Å². The van der Waals surface area contributed by atoms with Crippen LogP contribution in [-0.4, -0.2) is 61.1 Å². The smallest absolute Gasteiger partial charge is 0.126 e. The summed E-state index contributed by atoms with van der Waals surface area (Å²) in [5.41, 5.74) is 7.54. The summed E-state index contributed by atoms with van der Waals surface area (Å²) in [6.07, 6.45) is 0. The fourth-order valence-corrected chi connectivity index (χ4v) is 2.79. The maximum Gasteiger partial charge on any atom is 0.126 e. The largest absolute Gasteiger partial charge is 0.399 e. The van der Waals surface area contributed by atoms with Crippen molar-refractivity contribution >= 4 is 22.4 Å². The van der Waals surface area contributed by atoms with E-state index < -0.39 is 0 Å². The zero-order valence-electron chi connectivity index (χ0n) is 12.7. The van der Waals surface area contributed by atoms with E-state index in [2.05, 4.69) is 40.3 Å².